The van der Waals surface area contributed by atoms with Gasteiger partial charge in [0.1, 0.15) is 11.4 Å². The summed E-state index contributed by atoms with van der Waals surface area (Å²) in [7, 11) is 1.56. The maximum absolute atomic E-state index is 11.5. The molecular formula is C18H25BrN4O4. The van der Waals surface area contributed by atoms with Gasteiger partial charge in [-0.15, -0.1) is 0 Å². The molecule has 0 unspecified atom stereocenters. The summed E-state index contributed by atoms with van der Waals surface area (Å²) >= 11 is 3.33. The van der Waals surface area contributed by atoms with Crippen LogP contribution in [0.5, 0.6) is 5.75 Å². The van der Waals surface area contributed by atoms with Gasteiger partial charge in [-0.05, 0) is 28.8 Å². The number of nitrogens with zero attached hydrogens (tertiary/aromatic N) is 4. The summed E-state index contributed by atoms with van der Waals surface area (Å²) in [4.78, 5) is 29.0. The molecule has 0 aliphatic carbocycles. The average Bonchev–Trinajstić information content (AvgIpc) is 2.68. The van der Waals surface area contributed by atoms with Crippen LogP contribution < -0.4 is 9.64 Å². The first-order valence-corrected chi connectivity index (χ1v) is 9.96. The van der Waals surface area contributed by atoms with Gasteiger partial charge in [-0.3, -0.25) is 19.8 Å². The summed E-state index contributed by atoms with van der Waals surface area (Å²) in [5.41, 5.74) is 0.705. The second kappa shape index (κ2) is 8.43. The van der Waals surface area contributed by atoms with Gasteiger partial charge in [0.05, 0.1) is 16.5 Å². The van der Waals surface area contributed by atoms with E-state index < -0.39 is 0 Å². The van der Waals surface area contributed by atoms with Crippen LogP contribution in [0.25, 0.3) is 0 Å². The summed E-state index contributed by atoms with van der Waals surface area (Å²) in [6.45, 7) is 6.52. The summed E-state index contributed by atoms with van der Waals surface area (Å²) < 4.78 is 5.90. The average molecular weight is 441 g/mol. The van der Waals surface area contributed by atoms with Gasteiger partial charge in [0, 0.05) is 64.4 Å². The van der Waals surface area contributed by atoms with Crippen LogP contribution in [0.3, 0.4) is 0 Å². The van der Waals surface area contributed by atoms with Crippen molar-refractivity contribution < 1.29 is 14.5 Å². The van der Waals surface area contributed by atoms with Gasteiger partial charge in [-0.1, -0.05) is 0 Å². The molecule has 3 rings (SSSR count). The van der Waals surface area contributed by atoms with Gasteiger partial charge in [-0.2, -0.15) is 0 Å². The van der Waals surface area contributed by atoms with Crippen molar-refractivity contribution in [3.63, 3.8) is 0 Å². The number of hydrogen-bond donors (Lipinski definition) is 0. The number of benzene rings is 1. The van der Waals surface area contributed by atoms with Crippen LogP contribution in [0, 0.1) is 10.1 Å². The lowest BCUT2D eigenvalue weighted by atomic mass is 10.0. The number of carbonyl (C=O) groups is 1. The van der Waals surface area contributed by atoms with Crippen molar-refractivity contribution in [1.29, 1.82) is 0 Å². The number of ether oxygens (including phenoxy) is 1. The summed E-state index contributed by atoms with van der Waals surface area (Å²) in [5, 5.41) is 11.5. The topological polar surface area (TPSA) is 79.2 Å². The maximum Gasteiger partial charge on any atom is 0.293 e. The Morgan fingerprint density at radius 3 is 2.33 bits per heavy atom. The zero-order chi connectivity index (χ0) is 19.6. The van der Waals surface area contributed by atoms with Crippen LogP contribution in [0.4, 0.5) is 11.4 Å². The Morgan fingerprint density at radius 2 is 1.81 bits per heavy atom. The van der Waals surface area contributed by atoms with Crippen molar-refractivity contribution >= 4 is 33.2 Å². The highest BCUT2D eigenvalue weighted by Crippen LogP contribution is 2.39. The Labute approximate surface area is 167 Å². The highest BCUT2D eigenvalue weighted by molar-refractivity contribution is 9.10. The highest BCUT2D eigenvalue weighted by Gasteiger charge is 2.30. The predicted molar refractivity (Wildman–Crippen MR) is 106 cm³/mol. The third-order valence-electron chi connectivity index (χ3n) is 5.53. The minimum atomic E-state index is -0.341. The Kier molecular flexibility index (Phi) is 6.21. The van der Waals surface area contributed by atoms with Crippen LogP contribution >= 0.6 is 15.9 Å². The molecule has 2 aliphatic rings. The smallest absolute Gasteiger partial charge is 0.293 e. The number of methoxy groups -OCH3 is 1. The number of rotatable bonds is 4. The number of amides is 1. The van der Waals surface area contributed by atoms with Crippen LogP contribution in [-0.2, 0) is 4.79 Å². The van der Waals surface area contributed by atoms with Crippen LogP contribution in [0.15, 0.2) is 16.6 Å². The Morgan fingerprint density at radius 1 is 1.19 bits per heavy atom. The lowest BCUT2D eigenvalue weighted by Gasteiger charge is -2.43. The zero-order valence-electron chi connectivity index (χ0n) is 15.7. The first-order valence-electron chi connectivity index (χ1n) is 9.17. The van der Waals surface area contributed by atoms with E-state index in [0.29, 0.717) is 22.0 Å². The summed E-state index contributed by atoms with van der Waals surface area (Å²) in [5.74, 6) is 0.735. The molecule has 0 aromatic heterocycles. The number of hydrogen-bond acceptors (Lipinski definition) is 6. The zero-order valence-corrected chi connectivity index (χ0v) is 17.3. The minimum absolute atomic E-state index is 0.0937. The standard InChI is InChI=1S/C18H25BrN4O4/c1-13(24)20-7-9-21(10-8-20)14-3-5-22(6-4-14)16-12-18(27-2)15(19)11-17(16)23(25)26/h11-12,14H,3-10H2,1-2H3. The van der Waals surface area contributed by atoms with E-state index in [0.717, 1.165) is 52.1 Å². The molecule has 2 saturated heterocycles. The largest absolute Gasteiger partial charge is 0.495 e. The Hall–Kier alpha value is -1.87. The maximum atomic E-state index is 11.5. The van der Waals surface area contributed by atoms with E-state index in [9.17, 15) is 14.9 Å². The number of nitro benzene ring substituents is 1. The fourth-order valence-corrected chi connectivity index (χ4v) is 4.46. The molecule has 0 N–H and O–H groups in total. The van der Waals surface area contributed by atoms with Crippen molar-refractivity contribution in [3.8, 4) is 5.75 Å². The molecule has 27 heavy (non-hydrogen) atoms. The molecular weight excluding hydrogens is 416 g/mol. The van der Waals surface area contributed by atoms with E-state index in [1.165, 1.54) is 6.07 Å². The van der Waals surface area contributed by atoms with Crippen LogP contribution in [-0.4, -0.2) is 73.1 Å². The SMILES string of the molecule is COc1cc(N2CCC(N3CCN(C(C)=O)CC3)CC2)c([N+](=O)[O-])cc1Br. The predicted octanol–water partition coefficient (Wildman–Crippen LogP) is 2.50. The quantitative estimate of drug-likeness (QED) is 0.528. The van der Waals surface area contributed by atoms with Crippen LogP contribution in [0.1, 0.15) is 19.8 Å². The molecule has 0 bridgehead atoms. The molecule has 0 radical (unpaired) electrons. The highest BCUT2D eigenvalue weighted by atomic mass is 79.9. The molecule has 148 valence electrons. The van der Waals surface area contributed by atoms with Crippen LogP contribution in [0.2, 0.25) is 0 Å². The van der Waals surface area contributed by atoms with E-state index >= 15 is 0 Å². The second-order valence-electron chi connectivity index (χ2n) is 6.99. The fourth-order valence-electron chi connectivity index (χ4n) is 3.96. The van der Waals surface area contributed by atoms with Crippen molar-refractivity contribution in [1.82, 2.24) is 9.80 Å². The molecule has 2 heterocycles. The Bertz CT molecular complexity index is 714. The molecule has 0 spiro atoms. The number of halogens is 1. The van der Waals surface area contributed by atoms with E-state index in [2.05, 4.69) is 25.7 Å². The van der Waals surface area contributed by atoms with Gasteiger partial charge in [0.25, 0.3) is 5.69 Å². The number of carbonyl (C=O) groups excluding carboxylic acids is 1. The third kappa shape index (κ3) is 4.35. The number of anilines is 1. The van der Waals surface area contributed by atoms with Crippen molar-refractivity contribution in [2.75, 3.05) is 51.3 Å². The lowest BCUT2D eigenvalue weighted by molar-refractivity contribution is -0.384. The molecule has 1 aromatic rings. The van der Waals surface area contributed by atoms with Gasteiger partial charge < -0.3 is 14.5 Å². The fraction of sp³-hybridized carbons (Fsp3) is 0.611. The molecule has 9 heteroatoms. The molecule has 1 aromatic carbocycles. The first kappa shape index (κ1) is 19.9. The molecule has 0 atom stereocenters. The van der Waals surface area contributed by atoms with E-state index in [4.69, 9.17) is 4.74 Å². The molecule has 1 amide bonds. The number of piperazine rings is 1. The molecule has 0 saturated carbocycles. The summed E-state index contributed by atoms with van der Waals surface area (Å²) in [6.07, 6.45) is 1.91. The van der Waals surface area contributed by atoms with E-state index in [1.807, 2.05) is 4.90 Å². The van der Waals surface area contributed by atoms with Gasteiger partial charge >= 0.3 is 0 Å². The van der Waals surface area contributed by atoms with Gasteiger partial charge in [0.15, 0.2) is 0 Å². The number of nitro groups is 1. The van der Waals surface area contributed by atoms with Crippen molar-refractivity contribution in [2.45, 2.75) is 25.8 Å². The monoisotopic (exact) mass is 440 g/mol. The normalized spacial score (nSPS) is 19.2. The molecule has 8 nitrogen and oxygen atoms in total. The van der Waals surface area contributed by atoms with Gasteiger partial charge in [0.2, 0.25) is 5.91 Å². The van der Waals surface area contributed by atoms with E-state index in [-0.39, 0.29) is 16.5 Å². The van der Waals surface area contributed by atoms with Gasteiger partial charge in [-0.25, -0.2) is 0 Å². The number of piperidine rings is 1. The second-order valence-corrected chi connectivity index (χ2v) is 7.85. The van der Waals surface area contributed by atoms with Crippen molar-refractivity contribution in [2.24, 2.45) is 0 Å². The summed E-state index contributed by atoms with van der Waals surface area (Å²) in [6, 6.07) is 3.72. The Balaban J connectivity index is 1.66. The minimum Gasteiger partial charge on any atom is -0.495 e. The first-order chi connectivity index (χ1) is 12.9. The lowest BCUT2D eigenvalue weighted by Crippen LogP contribution is -2.54. The van der Waals surface area contributed by atoms with E-state index in [1.54, 1.807) is 20.1 Å². The van der Waals surface area contributed by atoms with Crippen molar-refractivity contribution in [3.05, 3.63) is 26.7 Å². The molecule has 2 aliphatic heterocycles. The third-order valence-corrected chi connectivity index (χ3v) is 6.15. The molecule has 2 fully saturated rings.